The van der Waals surface area contributed by atoms with Crippen LogP contribution in [-0.4, -0.2) is 15.6 Å². The summed E-state index contributed by atoms with van der Waals surface area (Å²) >= 11 is 0. The lowest BCUT2D eigenvalue weighted by atomic mass is 10.1. The zero-order valence-electron chi connectivity index (χ0n) is 15.5. The monoisotopic (exact) mass is 323 g/mol. The number of aromatic nitrogens is 1. The molecule has 0 bridgehead atoms. The Morgan fingerprint density at radius 3 is 1.87 bits per heavy atom. The fraction of sp³-hybridized carbons (Fsp3) is 0.750. The van der Waals surface area contributed by atoms with Gasteiger partial charge in [-0.15, -0.1) is 0 Å². The molecule has 1 rings (SSSR count). The van der Waals surface area contributed by atoms with Gasteiger partial charge < -0.3 is 9.67 Å². The van der Waals surface area contributed by atoms with E-state index in [-0.39, 0.29) is 0 Å². The summed E-state index contributed by atoms with van der Waals surface area (Å²) in [7, 11) is 0. The molecule has 23 heavy (non-hydrogen) atoms. The Balaban J connectivity index is 0.00000108. The van der Waals surface area contributed by atoms with Crippen molar-refractivity contribution in [1.29, 1.82) is 0 Å². The lowest BCUT2D eigenvalue weighted by Gasteiger charge is -2.04. The van der Waals surface area contributed by atoms with Gasteiger partial charge in [0.05, 0.1) is 0 Å². The van der Waals surface area contributed by atoms with Crippen molar-refractivity contribution < 1.29 is 9.90 Å². The van der Waals surface area contributed by atoms with Gasteiger partial charge in [0.15, 0.2) is 0 Å². The van der Waals surface area contributed by atoms with Crippen LogP contribution in [0.2, 0.25) is 0 Å². The van der Waals surface area contributed by atoms with Crippen molar-refractivity contribution in [1.82, 2.24) is 4.57 Å². The second-order valence-corrected chi connectivity index (χ2v) is 6.31. The topological polar surface area (TPSA) is 42.2 Å². The Hall–Kier alpha value is -1.25. The highest BCUT2D eigenvalue weighted by atomic mass is 16.4. The summed E-state index contributed by atoms with van der Waals surface area (Å²) < 4.78 is 2.35. The third-order valence-corrected chi connectivity index (χ3v) is 3.99. The quantitative estimate of drug-likeness (QED) is 0.475. The summed E-state index contributed by atoms with van der Waals surface area (Å²) in [6.45, 7) is 6.80. The van der Waals surface area contributed by atoms with Crippen LogP contribution in [0.25, 0.3) is 0 Å². The maximum Gasteiger partial charge on any atom is 0.300 e. The number of unbranched alkanes of at least 4 members (excludes halogenated alkanes) is 9. The number of rotatable bonds is 12. The van der Waals surface area contributed by atoms with Crippen molar-refractivity contribution in [3.05, 3.63) is 24.0 Å². The predicted molar refractivity (Wildman–Crippen MR) is 99.0 cm³/mol. The van der Waals surface area contributed by atoms with Crippen LogP contribution in [0.1, 0.15) is 90.5 Å². The number of carbonyl (C=O) groups is 1. The molecule has 0 aromatic carbocycles. The molecule has 1 aromatic heterocycles. The molecule has 0 unspecified atom stereocenters. The van der Waals surface area contributed by atoms with Gasteiger partial charge in [-0.2, -0.15) is 0 Å². The van der Waals surface area contributed by atoms with Gasteiger partial charge >= 0.3 is 0 Å². The molecule has 0 saturated carbocycles. The van der Waals surface area contributed by atoms with E-state index in [0.717, 1.165) is 13.3 Å². The van der Waals surface area contributed by atoms with E-state index >= 15 is 0 Å². The van der Waals surface area contributed by atoms with Crippen molar-refractivity contribution in [2.45, 2.75) is 97.9 Å². The summed E-state index contributed by atoms with van der Waals surface area (Å²) in [4.78, 5) is 9.00. The minimum atomic E-state index is -0.833. The summed E-state index contributed by atoms with van der Waals surface area (Å²) in [5.74, 6) is -0.833. The molecule has 134 valence electrons. The smallest absolute Gasteiger partial charge is 0.300 e. The van der Waals surface area contributed by atoms with E-state index in [1.165, 1.54) is 76.3 Å². The van der Waals surface area contributed by atoms with Crippen molar-refractivity contribution >= 4 is 5.97 Å². The molecule has 0 spiro atoms. The Morgan fingerprint density at radius 1 is 0.957 bits per heavy atom. The number of hydrogen-bond donors (Lipinski definition) is 1. The van der Waals surface area contributed by atoms with Gasteiger partial charge in [-0.25, -0.2) is 0 Å². The minimum Gasteiger partial charge on any atom is -0.481 e. The highest BCUT2D eigenvalue weighted by Crippen LogP contribution is 2.11. The molecule has 0 atom stereocenters. The van der Waals surface area contributed by atoms with Gasteiger partial charge in [-0.1, -0.05) is 71.6 Å². The average molecular weight is 324 g/mol. The van der Waals surface area contributed by atoms with Crippen LogP contribution < -0.4 is 0 Å². The van der Waals surface area contributed by atoms with Gasteiger partial charge in [0.25, 0.3) is 5.97 Å². The largest absolute Gasteiger partial charge is 0.481 e. The Kier molecular flexibility index (Phi) is 14.8. The molecule has 1 heterocycles. The average Bonchev–Trinajstić information content (AvgIpc) is 2.96. The van der Waals surface area contributed by atoms with Crippen LogP contribution in [0.15, 0.2) is 18.5 Å². The Morgan fingerprint density at radius 2 is 1.43 bits per heavy atom. The summed E-state index contributed by atoms with van der Waals surface area (Å²) in [6.07, 6.45) is 19.9. The predicted octanol–water partition coefficient (Wildman–Crippen LogP) is 6.06. The Labute approximate surface area is 143 Å². The molecule has 0 fully saturated rings. The van der Waals surface area contributed by atoms with Crippen molar-refractivity contribution in [2.24, 2.45) is 0 Å². The zero-order valence-corrected chi connectivity index (χ0v) is 15.5. The maximum absolute atomic E-state index is 9.00. The van der Waals surface area contributed by atoms with Gasteiger partial charge in [0, 0.05) is 25.9 Å². The number of hydrogen-bond acceptors (Lipinski definition) is 1. The first-order valence-corrected chi connectivity index (χ1v) is 9.44. The number of carboxylic acids is 1. The lowest BCUT2D eigenvalue weighted by Crippen LogP contribution is -1.94. The van der Waals surface area contributed by atoms with Crippen molar-refractivity contribution in [2.75, 3.05) is 0 Å². The molecule has 1 aromatic rings. The zero-order chi connectivity index (χ0) is 17.3. The first-order chi connectivity index (χ1) is 11.1. The molecule has 1 N–H and O–H groups in total. The summed E-state index contributed by atoms with van der Waals surface area (Å²) in [6, 6.07) is 2.25. The van der Waals surface area contributed by atoms with Gasteiger partial charge in [-0.3, -0.25) is 4.79 Å². The SMILES string of the molecule is CC(=O)O.CCCCCCCCCCCCn1ccc(CC)c1. The second-order valence-electron chi connectivity index (χ2n) is 6.31. The molecular formula is C20H37NO2. The molecule has 3 heteroatoms. The number of aryl methyl sites for hydroxylation is 2. The third-order valence-electron chi connectivity index (χ3n) is 3.99. The van der Waals surface area contributed by atoms with Crippen LogP contribution in [0, 0.1) is 0 Å². The maximum atomic E-state index is 9.00. The van der Waals surface area contributed by atoms with E-state index in [1.54, 1.807) is 0 Å². The molecule has 0 aliphatic carbocycles. The fourth-order valence-corrected chi connectivity index (χ4v) is 2.62. The summed E-state index contributed by atoms with van der Waals surface area (Å²) in [5, 5.41) is 7.42. The Bertz CT molecular complexity index is 381. The van der Waals surface area contributed by atoms with Gasteiger partial charge in [-0.05, 0) is 24.5 Å². The van der Waals surface area contributed by atoms with Crippen LogP contribution in [0.5, 0.6) is 0 Å². The summed E-state index contributed by atoms with van der Waals surface area (Å²) in [5.41, 5.74) is 1.46. The van der Waals surface area contributed by atoms with Crippen molar-refractivity contribution in [3.8, 4) is 0 Å². The molecule has 0 aliphatic rings. The molecular weight excluding hydrogens is 286 g/mol. The third kappa shape index (κ3) is 15.4. The molecule has 3 nitrogen and oxygen atoms in total. The fourth-order valence-electron chi connectivity index (χ4n) is 2.62. The van der Waals surface area contributed by atoms with Crippen LogP contribution in [-0.2, 0) is 17.8 Å². The normalized spacial score (nSPS) is 10.2. The molecule has 0 saturated heterocycles. The van der Waals surface area contributed by atoms with E-state index < -0.39 is 5.97 Å². The van der Waals surface area contributed by atoms with E-state index in [4.69, 9.17) is 9.90 Å². The van der Waals surface area contributed by atoms with Crippen LogP contribution in [0.3, 0.4) is 0 Å². The first kappa shape index (κ1) is 21.8. The number of nitrogens with zero attached hydrogens (tertiary/aromatic N) is 1. The minimum absolute atomic E-state index is 0.833. The van der Waals surface area contributed by atoms with E-state index in [2.05, 4.69) is 36.9 Å². The lowest BCUT2D eigenvalue weighted by molar-refractivity contribution is -0.134. The van der Waals surface area contributed by atoms with Crippen molar-refractivity contribution in [3.63, 3.8) is 0 Å². The molecule has 0 amide bonds. The second kappa shape index (κ2) is 15.6. The van der Waals surface area contributed by atoms with Crippen LogP contribution in [0.4, 0.5) is 0 Å². The highest BCUT2D eigenvalue weighted by molar-refractivity contribution is 5.62. The first-order valence-electron chi connectivity index (χ1n) is 9.44. The number of carboxylic acid groups (broad SMARTS) is 1. The van der Waals surface area contributed by atoms with Gasteiger partial charge in [0.2, 0.25) is 0 Å². The molecule has 0 aliphatic heterocycles. The van der Waals surface area contributed by atoms with E-state index in [9.17, 15) is 0 Å². The number of aliphatic carboxylic acids is 1. The van der Waals surface area contributed by atoms with Gasteiger partial charge in [0.1, 0.15) is 0 Å². The standard InChI is InChI=1S/C18H33N.C2H4O2/c1-3-5-6-7-8-9-10-11-12-13-15-19-16-14-18(4-2)17-19;1-2(3)4/h14,16-17H,3-13,15H2,1-2H3;1H3,(H,3,4). The van der Waals surface area contributed by atoms with Crippen LogP contribution >= 0.6 is 0 Å². The van der Waals surface area contributed by atoms with E-state index in [0.29, 0.717) is 0 Å². The molecule has 0 radical (unpaired) electrons. The highest BCUT2D eigenvalue weighted by Gasteiger charge is 1.95. The van der Waals surface area contributed by atoms with E-state index in [1.807, 2.05) is 0 Å².